The van der Waals surface area contributed by atoms with Crippen LogP contribution in [0.15, 0.2) is 40.3 Å². The lowest BCUT2D eigenvalue weighted by atomic mass is 10.3. The third-order valence-electron chi connectivity index (χ3n) is 3.00. The molecular weight excluding hydrogens is 304 g/mol. The Morgan fingerprint density at radius 1 is 1.33 bits per heavy atom. The van der Waals surface area contributed by atoms with Gasteiger partial charge in [-0.05, 0) is 31.2 Å². The van der Waals surface area contributed by atoms with Gasteiger partial charge in [0.15, 0.2) is 0 Å². The number of thiazole rings is 1. The Hall–Kier alpha value is -1.92. The van der Waals surface area contributed by atoms with Gasteiger partial charge in [-0.15, -0.1) is 22.7 Å². The quantitative estimate of drug-likeness (QED) is 0.729. The van der Waals surface area contributed by atoms with E-state index in [1.807, 2.05) is 36.6 Å². The second-order valence-electron chi connectivity index (χ2n) is 4.66. The number of nitrogens with zero attached hydrogens (tertiary/aromatic N) is 2. The number of amides is 1. The maximum Gasteiger partial charge on any atom is 0.264 e. The van der Waals surface area contributed by atoms with Gasteiger partial charge in [0.1, 0.15) is 16.5 Å². The molecule has 6 heteroatoms. The normalized spacial score (nSPS) is 10.8. The van der Waals surface area contributed by atoms with Crippen molar-refractivity contribution < 1.29 is 9.21 Å². The average molecular weight is 318 g/mol. The molecule has 1 amide bonds. The van der Waals surface area contributed by atoms with Crippen molar-refractivity contribution in [3.63, 3.8) is 0 Å². The summed E-state index contributed by atoms with van der Waals surface area (Å²) < 4.78 is 5.59. The lowest BCUT2D eigenvalue weighted by Gasteiger charge is -2.14. The molecule has 3 rings (SSSR count). The predicted octanol–water partition coefficient (Wildman–Crippen LogP) is 4.05. The minimum Gasteiger partial charge on any atom is -0.461 e. The molecular formula is C15H14N2O2S2. The molecule has 3 aromatic heterocycles. The first-order valence-electron chi connectivity index (χ1n) is 6.44. The summed E-state index contributed by atoms with van der Waals surface area (Å²) in [6.45, 7) is 2.44. The zero-order valence-electron chi connectivity index (χ0n) is 11.7. The molecule has 0 radical (unpaired) electrons. The molecule has 0 atom stereocenters. The Morgan fingerprint density at radius 2 is 2.19 bits per heavy atom. The molecule has 21 heavy (non-hydrogen) atoms. The predicted molar refractivity (Wildman–Crippen MR) is 84.7 cm³/mol. The van der Waals surface area contributed by atoms with Crippen LogP contribution < -0.4 is 0 Å². The lowest BCUT2D eigenvalue weighted by molar-refractivity contribution is 0.0790. The van der Waals surface area contributed by atoms with Crippen molar-refractivity contribution in [1.29, 1.82) is 0 Å². The van der Waals surface area contributed by atoms with Crippen molar-refractivity contribution in [3.8, 4) is 10.6 Å². The first-order chi connectivity index (χ1) is 10.1. The highest BCUT2D eigenvalue weighted by molar-refractivity contribution is 7.17. The van der Waals surface area contributed by atoms with Crippen molar-refractivity contribution in [2.75, 3.05) is 7.05 Å². The fraction of sp³-hybridized carbons (Fsp3) is 0.200. The number of rotatable bonds is 4. The SMILES string of the molecule is Cc1ccc(-c2ccc(C(=O)N(C)Cc3nccs3)s2)o1. The molecule has 0 saturated carbocycles. The number of hydrogen-bond acceptors (Lipinski definition) is 5. The minimum atomic E-state index is 0.00438. The number of aryl methyl sites for hydroxylation is 1. The largest absolute Gasteiger partial charge is 0.461 e. The van der Waals surface area contributed by atoms with Gasteiger partial charge < -0.3 is 9.32 Å². The molecule has 0 aliphatic carbocycles. The van der Waals surface area contributed by atoms with Gasteiger partial charge in [0, 0.05) is 18.6 Å². The molecule has 0 saturated heterocycles. The standard InChI is InChI=1S/C15H14N2O2S2/c1-10-3-4-11(19-10)12-5-6-13(21-12)15(18)17(2)9-14-16-7-8-20-14/h3-8H,9H2,1-2H3. The van der Waals surface area contributed by atoms with Crippen LogP contribution in [-0.4, -0.2) is 22.8 Å². The Morgan fingerprint density at radius 3 is 2.86 bits per heavy atom. The highest BCUT2D eigenvalue weighted by atomic mass is 32.1. The first kappa shape index (κ1) is 14.0. The van der Waals surface area contributed by atoms with Crippen LogP contribution in [0.2, 0.25) is 0 Å². The van der Waals surface area contributed by atoms with E-state index in [1.165, 1.54) is 11.3 Å². The van der Waals surface area contributed by atoms with Crippen molar-refractivity contribution >= 4 is 28.6 Å². The number of carbonyl (C=O) groups is 1. The number of hydrogen-bond donors (Lipinski definition) is 0. The summed E-state index contributed by atoms with van der Waals surface area (Å²) in [6, 6.07) is 7.62. The van der Waals surface area contributed by atoms with Crippen LogP contribution in [0.5, 0.6) is 0 Å². The van der Waals surface area contributed by atoms with Gasteiger partial charge in [-0.1, -0.05) is 0 Å². The van der Waals surface area contributed by atoms with Crippen LogP contribution in [0.1, 0.15) is 20.4 Å². The molecule has 0 bridgehead atoms. The number of aromatic nitrogens is 1. The molecule has 0 aromatic carbocycles. The number of carbonyl (C=O) groups excluding carboxylic acids is 1. The van der Waals surface area contributed by atoms with E-state index in [2.05, 4.69) is 4.98 Å². The number of furan rings is 1. The lowest BCUT2D eigenvalue weighted by Crippen LogP contribution is -2.25. The molecule has 0 aliphatic heterocycles. The Labute approximate surface area is 130 Å². The average Bonchev–Trinajstić information content (AvgIpc) is 3.17. The van der Waals surface area contributed by atoms with Gasteiger partial charge >= 0.3 is 0 Å². The van der Waals surface area contributed by atoms with Gasteiger partial charge in [0.25, 0.3) is 5.91 Å². The molecule has 3 heterocycles. The summed E-state index contributed by atoms with van der Waals surface area (Å²) in [4.78, 5) is 20.0. The Bertz CT molecular complexity index is 743. The van der Waals surface area contributed by atoms with Gasteiger partial charge in [-0.2, -0.15) is 0 Å². The molecule has 3 aromatic rings. The van der Waals surface area contributed by atoms with E-state index in [0.29, 0.717) is 11.4 Å². The minimum absolute atomic E-state index is 0.00438. The molecule has 0 fully saturated rings. The maximum absolute atomic E-state index is 12.4. The summed E-state index contributed by atoms with van der Waals surface area (Å²) >= 11 is 3.00. The van der Waals surface area contributed by atoms with Crippen molar-refractivity contribution in [2.45, 2.75) is 13.5 Å². The zero-order chi connectivity index (χ0) is 14.8. The van der Waals surface area contributed by atoms with E-state index in [4.69, 9.17) is 4.42 Å². The van der Waals surface area contributed by atoms with Crippen LogP contribution in [0.4, 0.5) is 0 Å². The van der Waals surface area contributed by atoms with Crippen molar-refractivity contribution in [2.24, 2.45) is 0 Å². The Balaban J connectivity index is 1.74. The van der Waals surface area contributed by atoms with Crippen LogP contribution in [0.25, 0.3) is 10.6 Å². The third-order valence-corrected chi connectivity index (χ3v) is 4.85. The van der Waals surface area contributed by atoms with E-state index < -0.39 is 0 Å². The van der Waals surface area contributed by atoms with E-state index in [9.17, 15) is 4.79 Å². The summed E-state index contributed by atoms with van der Waals surface area (Å²) in [7, 11) is 1.79. The first-order valence-corrected chi connectivity index (χ1v) is 8.13. The highest BCUT2D eigenvalue weighted by Crippen LogP contribution is 2.30. The van der Waals surface area contributed by atoms with E-state index in [-0.39, 0.29) is 5.91 Å². The summed E-state index contributed by atoms with van der Waals surface area (Å²) in [6.07, 6.45) is 1.75. The monoisotopic (exact) mass is 318 g/mol. The maximum atomic E-state index is 12.4. The Kier molecular flexibility index (Phi) is 3.90. The van der Waals surface area contributed by atoms with Gasteiger partial charge in [-0.25, -0.2) is 4.98 Å². The molecule has 0 N–H and O–H groups in total. The van der Waals surface area contributed by atoms with E-state index >= 15 is 0 Å². The van der Waals surface area contributed by atoms with Crippen LogP contribution in [0, 0.1) is 6.92 Å². The number of thiophene rings is 1. The third kappa shape index (κ3) is 3.06. The summed E-state index contributed by atoms with van der Waals surface area (Å²) in [5, 5.41) is 2.85. The zero-order valence-corrected chi connectivity index (χ0v) is 13.3. The second kappa shape index (κ2) is 5.83. The fourth-order valence-corrected chi connectivity index (χ4v) is 3.58. The van der Waals surface area contributed by atoms with E-state index in [0.717, 1.165) is 21.4 Å². The second-order valence-corrected chi connectivity index (χ2v) is 6.72. The highest BCUT2D eigenvalue weighted by Gasteiger charge is 2.16. The molecule has 4 nitrogen and oxygen atoms in total. The fourth-order valence-electron chi connectivity index (χ4n) is 1.95. The molecule has 0 aliphatic rings. The van der Waals surface area contributed by atoms with Gasteiger partial charge in [0.2, 0.25) is 0 Å². The topological polar surface area (TPSA) is 46.3 Å². The smallest absolute Gasteiger partial charge is 0.264 e. The molecule has 0 unspecified atom stereocenters. The molecule has 108 valence electrons. The van der Waals surface area contributed by atoms with Gasteiger partial charge in [0.05, 0.1) is 16.3 Å². The van der Waals surface area contributed by atoms with E-state index in [1.54, 1.807) is 29.5 Å². The van der Waals surface area contributed by atoms with Crippen LogP contribution in [-0.2, 0) is 6.54 Å². The summed E-state index contributed by atoms with van der Waals surface area (Å²) in [5.74, 6) is 1.68. The summed E-state index contributed by atoms with van der Waals surface area (Å²) in [5.41, 5.74) is 0. The van der Waals surface area contributed by atoms with Crippen LogP contribution >= 0.6 is 22.7 Å². The van der Waals surface area contributed by atoms with Crippen molar-refractivity contribution in [1.82, 2.24) is 9.88 Å². The van der Waals surface area contributed by atoms with Crippen molar-refractivity contribution in [3.05, 3.63) is 51.5 Å². The van der Waals surface area contributed by atoms with Crippen LogP contribution in [0.3, 0.4) is 0 Å². The molecule has 0 spiro atoms. The van der Waals surface area contributed by atoms with Gasteiger partial charge in [-0.3, -0.25) is 4.79 Å².